The van der Waals surface area contributed by atoms with Gasteiger partial charge < -0.3 is 14.6 Å². The second-order valence-electron chi connectivity index (χ2n) is 8.05. The van der Waals surface area contributed by atoms with Gasteiger partial charge in [-0.3, -0.25) is 9.78 Å². The number of oxime groups is 1. The number of hydrogen-bond acceptors (Lipinski definition) is 6. The Morgan fingerprint density at radius 2 is 2.12 bits per heavy atom. The quantitative estimate of drug-likeness (QED) is 0.819. The van der Waals surface area contributed by atoms with Gasteiger partial charge in [-0.1, -0.05) is 5.16 Å². The number of likely N-dealkylation sites (tertiary alicyclic amines) is 1. The van der Waals surface area contributed by atoms with E-state index in [0.717, 1.165) is 38.0 Å². The smallest absolute Gasteiger partial charge is 0.272 e. The summed E-state index contributed by atoms with van der Waals surface area (Å²) in [6.45, 7) is 1.91. The number of rotatable bonds is 3. The molecule has 0 N–H and O–H groups in total. The molecule has 8 heteroatoms. The van der Waals surface area contributed by atoms with Gasteiger partial charge in [-0.2, -0.15) is 0 Å². The average molecular weight is 359 g/mol. The van der Waals surface area contributed by atoms with Crippen molar-refractivity contribution in [3.05, 3.63) is 18.6 Å². The van der Waals surface area contributed by atoms with Crippen molar-refractivity contribution in [3.63, 3.8) is 0 Å². The number of carbonyl (C=O) groups excluding carboxylic acids is 1. The van der Waals surface area contributed by atoms with E-state index in [1.807, 2.05) is 0 Å². The fourth-order valence-corrected chi connectivity index (χ4v) is 4.38. The van der Waals surface area contributed by atoms with Crippen LogP contribution in [0.2, 0.25) is 0 Å². The topological polar surface area (TPSA) is 70.9 Å². The number of hydrogen-bond donors (Lipinski definition) is 0. The molecule has 1 atom stereocenters. The molecule has 5 rings (SSSR count). The molecule has 7 nitrogen and oxygen atoms in total. The molecule has 1 aromatic rings. The summed E-state index contributed by atoms with van der Waals surface area (Å²) in [4.78, 5) is 30.6. The highest BCUT2D eigenvalue weighted by atomic mass is 19.1. The molecule has 0 unspecified atom stereocenters. The summed E-state index contributed by atoms with van der Waals surface area (Å²) in [5, 5.41) is 4.09. The van der Waals surface area contributed by atoms with Crippen LogP contribution in [0.15, 0.2) is 23.7 Å². The lowest BCUT2D eigenvalue weighted by Crippen LogP contribution is -2.63. The third-order valence-corrected chi connectivity index (χ3v) is 6.00. The third kappa shape index (κ3) is 2.62. The average Bonchev–Trinajstić information content (AvgIpc) is 3.42. The molecule has 4 heterocycles. The molecule has 1 spiro atoms. The standard InChI is InChI=1S/C18H22FN5O2/c19-18(13-2-3-13)11-24(12-18)16(25)14-8-17(26-22-14)4-1-7-23(10-17)15-9-20-5-6-21-15/h5-6,9,13H,1-4,7-8,10-12H2/t17-/m0/s1. The Morgan fingerprint density at radius 1 is 1.27 bits per heavy atom. The number of carbonyl (C=O) groups is 1. The first kappa shape index (κ1) is 16.0. The van der Waals surface area contributed by atoms with Crippen molar-refractivity contribution in [1.82, 2.24) is 14.9 Å². The van der Waals surface area contributed by atoms with Crippen LogP contribution in [0.4, 0.5) is 10.2 Å². The molecule has 3 aliphatic heterocycles. The lowest BCUT2D eigenvalue weighted by atomic mass is 9.86. The zero-order valence-electron chi connectivity index (χ0n) is 14.6. The Labute approximate surface area is 151 Å². The van der Waals surface area contributed by atoms with Gasteiger partial charge in [0, 0.05) is 25.4 Å². The van der Waals surface area contributed by atoms with Gasteiger partial charge in [0.1, 0.15) is 17.2 Å². The van der Waals surface area contributed by atoms with Crippen LogP contribution in [0, 0.1) is 5.92 Å². The predicted molar refractivity (Wildman–Crippen MR) is 92.5 cm³/mol. The number of amides is 1. The lowest BCUT2D eigenvalue weighted by molar-refractivity contribution is -0.139. The Kier molecular flexibility index (Phi) is 3.45. The van der Waals surface area contributed by atoms with Crippen molar-refractivity contribution in [1.29, 1.82) is 0 Å². The molecule has 0 aromatic carbocycles. The highest BCUT2D eigenvalue weighted by Gasteiger charge is 2.56. The van der Waals surface area contributed by atoms with Crippen molar-refractivity contribution in [2.75, 3.05) is 31.1 Å². The molecule has 1 amide bonds. The van der Waals surface area contributed by atoms with Crippen LogP contribution < -0.4 is 4.90 Å². The SMILES string of the molecule is O=C(C1=NO[C@@]2(CCCN(c3cnccn3)C2)C1)N1CC(F)(C2CC2)C1. The normalized spacial score (nSPS) is 30.0. The minimum Gasteiger partial charge on any atom is -0.386 e. The van der Waals surface area contributed by atoms with E-state index in [4.69, 9.17) is 4.84 Å². The molecular formula is C18H22FN5O2. The van der Waals surface area contributed by atoms with Crippen molar-refractivity contribution >= 4 is 17.4 Å². The maximum atomic E-state index is 14.5. The van der Waals surface area contributed by atoms with E-state index >= 15 is 0 Å². The monoisotopic (exact) mass is 359 g/mol. The molecule has 0 bridgehead atoms. The lowest BCUT2D eigenvalue weighted by Gasteiger charge is -2.44. The second-order valence-corrected chi connectivity index (χ2v) is 8.05. The van der Waals surface area contributed by atoms with Gasteiger partial charge in [0.15, 0.2) is 5.60 Å². The van der Waals surface area contributed by atoms with E-state index in [1.165, 1.54) is 0 Å². The molecular weight excluding hydrogens is 337 g/mol. The first-order chi connectivity index (χ1) is 12.6. The molecule has 2 saturated heterocycles. The van der Waals surface area contributed by atoms with Crippen LogP contribution >= 0.6 is 0 Å². The number of halogens is 1. The first-order valence-corrected chi connectivity index (χ1v) is 9.31. The van der Waals surface area contributed by atoms with Crippen LogP contribution in [0.3, 0.4) is 0 Å². The minimum atomic E-state index is -1.17. The summed E-state index contributed by atoms with van der Waals surface area (Å²) in [5.74, 6) is 0.787. The van der Waals surface area contributed by atoms with Crippen molar-refractivity contribution < 1.29 is 14.0 Å². The maximum absolute atomic E-state index is 14.5. The molecule has 1 aromatic heterocycles. The Balaban J connectivity index is 1.23. The Hall–Kier alpha value is -2.25. The minimum absolute atomic E-state index is 0.151. The number of piperidine rings is 1. The Morgan fingerprint density at radius 3 is 2.85 bits per heavy atom. The number of anilines is 1. The fourth-order valence-electron chi connectivity index (χ4n) is 4.38. The van der Waals surface area contributed by atoms with E-state index < -0.39 is 11.3 Å². The van der Waals surface area contributed by atoms with Gasteiger partial charge in [0.25, 0.3) is 5.91 Å². The van der Waals surface area contributed by atoms with Crippen LogP contribution in [0.5, 0.6) is 0 Å². The van der Waals surface area contributed by atoms with Crippen LogP contribution in [-0.4, -0.2) is 63.9 Å². The third-order valence-electron chi connectivity index (χ3n) is 6.00. The molecule has 3 fully saturated rings. The molecule has 1 aliphatic carbocycles. The van der Waals surface area contributed by atoms with Gasteiger partial charge in [-0.15, -0.1) is 0 Å². The number of nitrogens with zero attached hydrogens (tertiary/aromatic N) is 5. The van der Waals surface area contributed by atoms with Gasteiger partial charge in [0.05, 0.1) is 25.8 Å². The maximum Gasteiger partial charge on any atom is 0.272 e. The van der Waals surface area contributed by atoms with Gasteiger partial charge in [0.2, 0.25) is 0 Å². The van der Waals surface area contributed by atoms with E-state index in [9.17, 15) is 9.18 Å². The molecule has 1 saturated carbocycles. The molecule has 26 heavy (non-hydrogen) atoms. The summed E-state index contributed by atoms with van der Waals surface area (Å²) >= 11 is 0. The Bertz CT molecular complexity index is 747. The summed E-state index contributed by atoms with van der Waals surface area (Å²) in [7, 11) is 0. The van der Waals surface area contributed by atoms with E-state index in [0.29, 0.717) is 18.7 Å². The fraction of sp³-hybridized carbons (Fsp3) is 0.667. The molecule has 138 valence electrons. The van der Waals surface area contributed by atoms with Crippen molar-refractivity contribution in [2.45, 2.75) is 43.4 Å². The van der Waals surface area contributed by atoms with E-state index in [1.54, 1.807) is 23.5 Å². The summed E-state index contributed by atoms with van der Waals surface area (Å²) in [5.41, 5.74) is -1.24. The summed E-state index contributed by atoms with van der Waals surface area (Å²) in [6, 6.07) is 0. The number of aromatic nitrogens is 2. The van der Waals surface area contributed by atoms with Crippen molar-refractivity contribution in [3.8, 4) is 0 Å². The van der Waals surface area contributed by atoms with Crippen LogP contribution in [-0.2, 0) is 9.63 Å². The predicted octanol–water partition coefficient (Wildman–Crippen LogP) is 1.55. The largest absolute Gasteiger partial charge is 0.386 e. The van der Waals surface area contributed by atoms with Gasteiger partial charge in [-0.05, 0) is 31.6 Å². The highest BCUT2D eigenvalue weighted by Crippen LogP contribution is 2.47. The van der Waals surface area contributed by atoms with Gasteiger partial charge >= 0.3 is 0 Å². The van der Waals surface area contributed by atoms with Gasteiger partial charge in [-0.25, -0.2) is 9.37 Å². The molecule has 0 radical (unpaired) electrons. The number of alkyl halides is 1. The van der Waals surface area contributed by atoms with E-state index in [-0.39, 0.29) is 24.9 Å². The highest BCUT2D eigenvalue weighted by molar-refractivity contribution is 6.39. The van der Waals surface area contributed by atoms with Crippen molar-refractivity contribution in [2.24, 2.45) is 11.1 Å². The first-order valence-electron chi connectivity index (χ1n) is 9.31. The molecule has 4 aliphatic rings. The zero-order valence-corrected chi connectivity index (χ0v) is 14.6. The summed E-state index contributed by atoms with van der Waals surface area (Å²) in [6.07, 6.45) is 9.21. The second kappa shape index (κ2) is 5.62. The zero-order chi connectivity index (χ0) is 17.8. The van der Waals surface area contributed by atoms with Crippen LogP contribution in [0.1, 0.15) is 32.1 Å². The summed E-state index contributed by atoms with van der Waals surface area (Å²) < 4.78 is 14.5. The van der Waals surface area contributed by atoms with E-state index in [2.05, 4.69) is 20.0 Å². The van der Waals surface area contributed by atoms with Crippen LogP contribution in [0.25, 0.3) is 0 Å².